The highest BCUT2D eigenvalue weighted by Gasteiger charge is 2.67. The molecule has 2 atom stereocenters. The number of benzene rings is 1. The lowest BCUT2D eigenvalue weighted by Crippen LogP contribution is -2.43. The Hall–Kier alpha value is -0.910. The molecular weight excluding hydrogens is 238 g/mol. The van der Waals surface area contributed by atoms with Crippen LogP contribution in [0.5, 0.6) is 0 Å². The summed E-state index contributed by atoms with van der Waals surface area (Å²) in [4.78, 5) is -0.636. The van der Waals surface area contributed by atoms with Crippen LogP contribution in [-0.2, 0) is 14.6 Å². The maximum absolute atomic E-state index is 12.5. The van der Waals surface area contributed by atoms with Gasteiger partial charge < -0.3 is 10.1 Å². The normalized spacial score (nSPS) is 31.9. The number of piperidine rings is 1. The number of sulfone groups is 1. The molecule has 0 aliphatic carbocycles. The molecule has 1 aromatic carbocycles. The minimum Gasteiger partial charge on any atom is -0.347 e. The Bertz CT molecular complexity index is 555. The van der Waals surface area contributed by atoms with E-state index in [0.29, 0.717) is 11.4 Å². The van der Waals surface area contributed by atoms with E-state index in [9.17, 15) is 8.42 Å². The first kappa shape index (κ1) is 11.2. The van der Waals surface area contributed by atoms with E-state index in [2.05, 4.69) is 5.32 Å². The lowest BCUT2D eigenvalue weighted by atomic mass is 10.2. The summed E-state index contributed by atoms with van der Waals surface area (Å²) in [6, 6.07) is 7.01. The molecule has 2 fully saturated rings. The van der Waals surface area contributed by atoms with Crippen molar-refractivity contribution >= 4 is 9.84 Å². The maximum Gasteiger partial charge on any atom is 0.212 e. The molecule has 1 aromatic rings. The van der Waals surface area contributed by atoms with Crippen LogP contribution in [-0.4, -0.2) is 32.5 Å². The second-order valence-corrected chi connectivity index (χ2v) is 6.87. The lowest BCUT2D eigenvalue weighted by Gasteiger charge is -2.19. The second kappa shape index (κ2) is 3.54. The van der Waals surface area contributed by atoms with E-state index in [0.717, 1.165) is 18.5 Å². The van der Waals surface area contributed by atoms with Crippen LogP contribution in [0.2, 0.25) is 0 Å². The first-order chi connectivity index (χ1) is 8.06. The van der Waals surface area contributed by atoms with Crippen LogP contribution in [0.4, 0.5) is 0 Å². The van der Waals surface area contributed by atoms with Gasteiger partial charge in [0.25, 0.3) is 0 Å². The van der Waals surface area contributed by atoms with Gasteiger partial charge in [-0.2, -0.15) is 0 Å². The van der Waals surface area contributed by atoms with Gasteiger partial charge in [0.15, 0.2) is 0 Å². The molecule has 2 heterocycles. The van der Waals surface area contributed by atoms with Gasteiger partial charge >= 0.3 is 0 Å². The van der Waals surface area contributed by atoms with E-state index in [-0.39, 0.29) is 6.10 Å². The van der Waals surface area contributed by atoms with Crippen molar-refractivity contribution < 1.29 is 13.2 Å². The minimum absolute atomic E-state index is 0.130. The maximum atomic E-state index is 12.5. The largest absolute Gasteiger partial charge is 0.347 e. The zero-order chi connectivity index (χ0) is 12.1. The van der Waals surface area contributed by atoms with E-state index < -0.39 is 14.8 Å². The Morgan fingerprint density at radius 2 is 2.29 bits per heavy atom. The number of fused-ring (bicyclic) bond motifs is 1. The summed E-state index contributed by atoms with van der Waals surface area (Å²) in [6.45, 7) is 3.12. The molecule has 5 heteroatoms. The molecule has 1 N–H and O–H groups in total. The molecule has 2 aliphatic heterocycles. The van der Waals surface area contributed by atoms with Crippen molar-refractivity contribution in [2.75, 3.05) is 13.1 Å². The highest BCUT2D eigenvalue weighted by atomic mass is 32.2. The molecule has 0 radical (unpaired) electrons. The van der Waals surface area contributed by atoms with Crippen LogP contribution in [0.15, 0.2) is 29.2 Å². The second-order valence-electron chi connectivity index (χ2n) is 4.70. The quantitative estimate of drug-likeness (QED) is 0.794. The van der Waals surface area contributed by atoms with E-state index in [4.69, 9.17) is 4.74 Å². The van der Waals surface area contributed by atoms with Crippen molar-refractivity contribution in [3.63, 3.8) is 0 Å². The van der Waals surface area contributed by atoms with Crippen molar-refractivity contribution in [3.8, 4) is 0 Å². The Morgan fingerprint density at radius 1 is 1.47 bits per heavy atom. The van der Waals surface area contributed by atoms with Gasteiger partial charge in [0, 0.05) is 6.54 Å². The Morgan fingerprint density at radius 3 is 3.00 bits per heavy atom. The van der Waals surface area contributed by atoms with E-state index in [1.54, 1.807) is 18.2 Å². The summed E-state index contributed by atoms with van der Waals surface area (Å²) in [5, 5.41) is 3.10. The standard InChI is InChI=1S/C12H15NO3S/c1-9-3-2-4-10(7-9)17(14,15)12-8-13-6-5-11(12)16-12/h2-4,7,11,13H,5-6,8H2,1H3. The third-order valence-corrected chi connectivity index (χ3v) is 5.77. The molecular formula is C12H15NO3S. The van der Waals surface area contributed by atoms with Crippen molar-refractivity contribution in [1.29, 1.82) is 0 Å². The van der Waals surface area contributed by atoms with Crippen LogP contribution >= 0.6 is 0 Å². The fourth-order valence-corrected chi connectivity index (χ4v) is 4.45. The van der Waals surface area contributed by atoms with Crippen LogP contribution < -0.4 is 5.32 Å². The number of hydrogen-bond donors (Lipinski definition) is 1. The third-order valence-electron chi connectivity index (χ3n) is 3.48. The molecule has 4 nitrogen and oxygen atoms in total. The summed E-state index contributed by atoms with van der Waals surface area (Å²) in [7, 11) is -3.39. The van der Waals surface area contributed by atoms with Crippen molar-refractivity contribution in [2.45, 2.75) is 29.3 Å². The molecule has 0 aromatic heterocycles. The molecule has 2 unspecified atom stereocenters. The Kier molecular flexibility index (Phi) is 2.33. The number of ether oxygens (including phenoxy) is 1. The van der Waals surface area contributed by atoms with Gasteiger partial charge in [0.05, 0.1) is 4.90 Å². The fraction of sp³-hybridized carbons (Fsp3) is 0.500. The van der Waals surface area contributed by atoms with Gasteiger partial charge in [0.2, 0.25) is 14.8 Å². The Labute approximate surface area is 101 Å². The predicted molar refractivity (Wildman–Crippen MR) is 63.5 cm³/mol. The SMILES string of the molecule is Cc1cccc(S(=O)(=O)C23CNCCC2O3)c1. The minimum atomic E-state index is -3.39. The van der Waals surface area contributed by atoms with Crippen LogP contribution in [0.3, 0.4) is 0 Å². The molecule has 92 valence electrons. The molecule has 17 heavy (non-hydrogen) atoms. The van der Waals surface area contributed by atoms with Crippen LogP contribution in [0, 0.1) is 6.92 Å². The third kappa shape index (κ3) is 1.53. The average molecular weight is 253 g/mol. The van der Waals surface area contributed by atoms with Gasteiger partial charge in [-0.05, 0) is 37.6 Å². The number of epoxide rings is 1. The summed E-state index contributed by atoms with van der Waals surface area (Å²) in [6.07, 6.45) is 0.639. The van der Waals surface area contributed by atoms with E-state index >= 15 is 0 Å². The lowest BCUT2D eigenvalue weighted by molar-refractivity contribution is 0.351. The summed E-state index contributed by atoms with van der Waals surface area (Å²) in [5.41, 5.74) is 0.948. The van der Waals surface area contributed by atoms with E-state index in [1.165, 1.54) is 0 Å². The molecule has 2 saturated heterocycles. The first-order valence-electron chi connectivity index (χ1n) is 5.76. The van der Waals surface area contributed by atoms with Crippen LogP contribution in [0.1, 0.15) is 12.0 Å². The van der Waals surface area contributed by atoms with Gasteiger partial charge in [-0.3, -0.25) is 0 Å². The van der Waals surface area contributed by atoms with Gasteiger partial charge in [-0.25, -0.2) is 8.42 Å². The molecule has 3 rings (SSSR count). The van der Waals surface area contributed by atoms with Gasteiger partial charge in [-0.1, -0.05) is 12.1 Å². The highest BCUT2D eigenvalue weighted by Crippen LogP contribution is 2.47. The molecule has 2 aliphatic rings. The summed E-state index contributed by atoms with van der Waals surface area (Å²) >= 11 is 0. The predicted octanol–water partition coefficient (Wildman–Crippen LogP) is 0.857. The van der Waals surface area contributed by atoms with E-state index in [1.807, 2.05) is 13.0 Å². The summed E-state index contributed by atoms with van der Waals surface area (Å²) < 4.78 is 30.5. The van der Waals surface area contributed by atoms with Crippen molar-refractivity contribution in [3.05, 3.63) is 29.8 Å². The topological polar surface area (TPSA) is 58.7 Å². The zero-order valence-electron chi connectivity index (χ0n) is 9.64. The molecule has 0 amide bonds. The zero-order valence-corrected chi connectivity index (χ0v) is 10.5. The van der Waals surface area contributed by atoms with Crippen LogP contribution in [0.25, 0.3) is 0 Å². The average Bonchev–Trinajstić information content (AvgIpc) is 3.05. The van der Waals surface area contributed by atoms with Crippen molar-refractivity contribution in [2.24, 2.45) is 0 Å². The number of aryl methyl sites for hydroxylation is 1. The Balaban J connectivity index is 2.02. The van der Waals surface area contributed by atoms with Crippen molar-refractivity contribution in [1.82, 2.24) is 5.32 Å². The number of hydrogen-bond acceptors (Lipinski definition) is 4. The molecule has 0 bridgehead atoms. The smallest absolute Gasteiger partial charge is 0.212 e. The number of nitrogens with one attached hydrogen (secondary N) is 1. The first-order valence-corrected chi connectivity index (χ1v) is 7.24. The monoisotopic (exact) mass is 253 g/mol. The van der Waals surface area contributed by atoms with Gasteiger partial charge in [-0.15, -0.1) is 0 Å². The fourth-order valence-electron chi connectivity index (χ4n) is 2.45. The molecule has 0 saturated carbocycles. The number of rotatable bonds is 2. The summed E-state index contributed by atoms with van der Waals surface area (Å²) in [5.74, 6) is 0. The molecule has 0 spiro atoms. The highest BCUT2D eigenvalue weighted by molar-refractivity contribution is 7.93. The van der Waals surface area contributed by atoms with Gasteiger partial charge in [0.1, 0.15) is 6.10 Å².